The zero-order valence-corrected chi connectivity index (χ0v) is 12.7. The lowest BCUT2D eigenvalue weighted by Gasteiger charge is -2.25. The summed E-state index contributed by atoms with van der Waals surface area (Å²) in [7, 11) is 1.45. The second-order valence-corrected chi connectivity index (χ2v) is 5.92. The van der Waals surface area contributed by atoms with E-state index in [0.717, 1.165) is 41.8 Å². The number of esters is 1. The number of methoxy groups -OCH3 is 1. The molecule has 18 heavy (non-hydrogen) atoms. The molecule has 0 saturated carbocycles. The summed E-state index contributed by atoms with van der Waals surface area (Å²) in [5.41, 5.74) is 1.13. The molecule has 1 aliphatic rings. The fourth-order valence-corrected chi connectivity index (χ4v) is 3.13. The van der Waals surface area contributed by atoms with Gasteiger partial charge in [0, 0.05) is 6.42 Å². The topological polar surface area (TPSA) is 44.1 Å². The average Bonchev–Trinajstić information content (AvgIpc) is 2.65. The van der Waals surface area contributed by atoms with Crippen molar-refractivity contribution >= 4 is 21.9 Å². The molecule has 1 atom stereocenters. The van der Waals surface area contributed by atoms with Crippen LogP contribution in [0.25, 0.3) is 0 Å². The summed E-state index contributed by atoms with van der Waals surface area (Å²) in [6.45, 7) is 4.32. The van der Waals surface area contributed by atoms with Gasteiger partial charge in [0.05, 0.1) is 12.8 Å². The third kappa shape index (κ3) is 2.46. The minimum atomic E-state index is -0.203. The Bertz CT molecular complexity index is 454. The Hall–Kier alpha value is -0.840. The van der Waals surface area contributed by atoms with Crippen LogP contribution in [-0.4, -0.2) is 22.6 Å². The number of hydrogen-bond donors (Lipinski definition) is 0. The predicted octanol–water partition coefficient (Wildman–Crippen LogP) is 2.89. The molecule has 0 N–H and O–H groups in total. The van der Waals surface area contributed by atoms with E-state index in [0.29, 0.717) is 5.92 Å². The van der Waals surface area contributed by atoms with Crippen LogP contribution in [0.15, 0.2) is 4.60 Å². The van der Waals surface area contributed by atoms with E-state index in [1.165, 1.54) is 7.11 Å². The van der Waals surface area contributed by atoms with Crippen LogP contribution in [0, 0.1) is 5.92 Å². The number of imidazole rings is 1. The SMILES string of the molecule is COC(=O)C1CCCc2c(Br)nc(CC(C)C)n21. The highest BCUT2D eigenvalue weighted by Crippen LogP contribution is 2.32. The third-order valence-corrected chi connectivity index (χ3v) is 3.94. The summed E-state index contributed by atoms with van der Waals surface area (Å²) < 4.78 is 7.88. The largest absolute Gasteiger partial charge is 0.467 e. The van der Waals surface area contributed by atoms with Crippen LogP contribution in [0.3, 0.4) is 0 Å². The lowest BCUT2D eigenvalue weighted by atomic mass is 10.0. The van der Waals surface area contributed by atoms with E-state index in [2.05, 4.69) is 39.3 Å². The third-order valence-electron chi connectivity index (χ3n) is 3.30. The van der Waals surface area contributed by atoms with E-state index in [-0.39, 0.29) is 12.0 Å². The smallest absolute Gasteiger partial charge is 0.328 e. The Morgan fingerprint density at radius 2 is 2.33 bits per heavy atom. The van der Waals surface area contributed by atoms with Gasteiger partial charge in [-0.05, 0) is 41.1 Å². The second-order valence-electron chi connectivity index (χ2n) is 5.16. The Kier molecular flexibility index (Phi) is 4.10. The van der Waals surface area contributed by atoms with Gasteiger partial charge in [-0.15, -0.1) is 0 Å². The Balaban J connectivity index is 2.43. The zero-order chi connectivity index (χ0) is 13.3. The minimum absolute atomic E-state index is 0.161. The molecule has 0 radical (unpaired) electrons. The van der Waals surface area contributed by atoms with Crippen molar-refractivity contribution in [2.75, 3.05) is 7.11 Å². The maximum atomic E-state index is 11.9. The van der Waals surface area contributed by atoms with Gasteiger partial charge in [0.25, 0.3) is 0 Å². The predicted molar refractivity (Wildman–Crippen MR) is 72.5 cm³/mol. The Morgan fingerprint density at radius 1 is 1.61 bits per heavy atom. The van der Waals surface area contributed by atoms with Crippen LogP contribution < -0.4 is 0 Å². The molecule has 4 nitrogen and oxygen atoms in total. The maximum absolute atomic E-state index is 11.9. The molecule has 0 amide bonds. The zero-order valence-electron chi connectivity index (χ0n) is 11.1. The molecular weight excluding hydrogens is 296 g/mol. The van der Waals surface area contributed by atoms with Gasteiger partial charge < -0.3 is 9.30 Å². The van der Waals surface area contributed by atoms with Crippen LogP contribution in [0.1, 0.15) is 44.2 Å². The van der Waals surface area contributed by atoms with Crippen LogP contribution in [0.2, 0.25) is 0 Å². The monoisotopic (exact) mass is 314 g/mol. The van der Waals surface area contributed by atoms with Crippen molar-refractivity contribution in [1.82, 2.24) is 9.55 Å². The first-order valence-electron chi connectivity index (χ1n) is 6.38. The van der Waals surface area contributed by atoms with Crippen LogP contribution in [0.4, 0.5) is 0 Å². The summed E-state index contributed by atoms with van der Waals surface area (Å²) in [4.78, 5) is 16.5. The molecule has 2 heterocycles. The summed E-state index contributed by atoms with van der Waals surface area (Å²) in [6, 6.07) is -0.203. The van der Waals surface area contributed by atoms with Gasteiger partial charge in [-0.1, -0.05) is 13.8 Å². The molecule has 0 saturated heterocycles. The summed E-state index contributed by atoms with van der Waals surface area (Å²) in [5, 5.41) is 0. The first kappa shape index (κ1) is 13.6. The summed E-state index contributed by atoms with van der Waals surface area (Å²) in [5.74, 6) is 1.34. The van der Waals surface area contributed by atoms with Crippen molar-refractivity contribution in [3.05, 3.63) is 16.1 Å². The van der Waals surface area contributed by atoms with E-state index in [1.807, 2.05) is 0 Å². The highest BCUT2D eigenvalue weighted by Gasteiger charge is 2.31. The van der Waals surface area contributed by atoms with E-state index < -0.39 is 0 Å². The van der Waals surface area contributed by atoms with Gasteiger partial charge in [-0.3, -0.25) is 0 Å². The highest BCUT2D eigenvalue weighted by atomic mass is 79.9. The molecule has 1 unspecified atom stereocenters. The van der Waals surface area contributed by atoms with Crippen molar-refractivity contribution in [2.45, 2.75) is 45.6 Å². The first-order valence-corrected chi connectivity index (χ1v) is 7.17. The Morgan fingerprint density at radius 3 is 2.94 bits per heavy atom. The number of rotatable bonds is 3. The molecule has 0 bridgehead atoms. The molecule has 100 valence electrons. The highest BCUT2D eigenvalue weighted by molar-refractivity contribution is 9.10. The van der Waals surface area contributed by atoms with E-state index in [4.69, 9.17) is 4.74 Å². The number of aromatic nitrogens is 2. The number of halogens is 1. The fraction of sp³-hybridized carbons (Fsp3) is 0.692. The van der Waals surface area contributed by atoms with E-state index in [1.54, 1.807) is 0 Å². The van der Waals surface area contributed by atoms with Crippen molar-refractivity contribution in [2.24, 2.45) is 5.92 Å². The molecule has 5 heteroatoms. The van der Waals surface area contributed by atoms with E-state index in [9.17, 15) is 4.79 Å². The number of carbonyl (C=O) groups is 1. The second kappa shape index (κ2) is 5.43. The summed E-state index contributed by atoms with van der Waals surface area (Å²) in [6.07, 6.45) is 3.70. The molecular formula is C13H19BrN2O2. The number of carbonyl (C=O) groups excluding carboxylic acids is 1. The number of hydrogen-bond acceptors (Lipinski definition) is 3. The average molecular weight is 315 g/mol. The van der Waals surface area contributed by atoms with Crippen LogP contribution >= 0.6 is 15.9 Å². The van der Waals surface area contributed by atoms with Gasteiger partial charge >= 0.3 is 5.97 Å². The van der Waals surface area contributed by atoms with Crippen molar-refractivity contribution in [3.63, 3.8) is 0 Å². The molecule has 1 aromatic heterocycles. The van der Waals surface area contributed by atoms with Crippen LogP contribution in [0.5, 0.6) is 0 Å². The van der Waals surface area contributed by atoms with Gasteiger partial charge in [-0.25, -0.2) is 9.78 Å². The molecule has 1 aromatic rings. The van der Waals surface area contributed by atoms with Gasteiger partial charge in [0.2, 0.25) is 0 Å². The quantitative estimate of drug-likeness (QED) is 0.806. The normalized spacial score (nSPS) is 18.8. The fourth-order valence-electron chi connectivity index (χ4n) is 2.54. The molecule has 0 fully saturated rings. The van der Waals surface area contributed by atoms with Gasteiger partial charge in [0.15, 0.2) is 0 Å². The molecule has 2 rings (SSSR count). The molecule has 0 aliphatic carbocycles. The Labute approximate surface area is 116 Å². The lowest BCUT2D eigenvalue weighted by molar-refractivity contribution is -0.145. The summed E-state index contributed by atoms with van der Waals surface area (Å²) >= 11 is 3.51. The van der Waals surface area contributed by atoms with Crippen LogP contribution in [-0.2, 0) is 22.4 Å². The van der Waals surface area contributed by atoms with Crippen molar-refractivity contribution < 1.29 is 9.53 Å². The molecule has 0 aromatic carbocycles. The number of ether oxygens (including phenoxy) is 1. The minimum Gasteiger partial charge on any atom is -0.467 e. The van der Waals surface area contributed by atoms with Gasteiger partial charge in [-0.2, -0.15) is 0 Å². The molecule has 1 aliphatic heterocycles. The maximum Gasteiger partial charge on any atom is 0.328 e. The number of nitrogens with zero attached hydrogens (tertiary/aromatic N) is 2. The van der Waals surface area contributed by atoms with Crippen molar-refractivity contribution in [1.29, 1.82) is 0 Å². The number of fused-ring (bicyclic) bond motifs is 1. The van der Waals surface area contributed by atoms with Crippen molar-refractivity contribution in [3.8, 4) is 0 Å². The molecule has 0 spiro atoms. The first-order chi connectivity index (χ1) is 8.54. The van der Waals surface area contributed by atoms with Gasteiger partial charge in [0.1, 0.15) is 16.5 Å². The van der Waals surface area contributed by atoms with E-state index >= 15 is 0 Å². The lowest BCUT2D eigenvalue weighted by Crippen LogP contribution is -2.28. The standard InChI is InChI=1S/C13H19BrN2O2/c1-8(2)7-11-15-12(14)9-5-4-6-10(16(9)11)13(17)18-3/h8,10H,4-7H2,1-3H3.